The first-order chi connectivity index (χ1) is 11.5. The van der Waals surface area contributed by atoms with E-state index in [1.807, 2.05) is 0 Å². The van der Waals surface area contributed by atoms with Crippen LogP contribution < -0.4 is 5.32 Å². The van der Waals surface area contributed by atoms with Crippen LogP contribution in [0.25, 0.3) is 0 Å². The minimum atomic E-state index is -3.60. The quantitative estimate of drug-likeness (QED) is 0.722. The van der Waals surface area contributed by atoms with E-state index < -0.39 is 27.1 Å². The molecule has 0 aliphatic carbocycles. The minimum absolute atomic E-state index is 0.434. The lowest BCUT2D eigenvalue weighted by atomic mass is 9.88. The molecule has 0 spiro atoms. The summed E-state index contributed by atoms with van der Waals surface area (Å²) >= 11 is 0. The summed E-state index contributed by atoms with van der Waals surface area (Å²) < 4.78 is 27.2. The van der Waals surface area contributed by atoms with Gasteiger partial charge in [-0.05, 0) is 0 Å². The topological polar surface area (TPSA) is 127 Å². The highest BCUT2D eigenvalue weighted by Gasteiger charge is 2.47. The Bertz CT molecular complexity index is 724. The lowest BCUT2D eigenvalue weighted by Crippen LogP contribution is -2.52. The van der Waals surface area contributed by atoms with Crippen molar-refractivity contribution in [2.24, 2.45) is 0 Å². The van der Waals surface area contributed by atoms with Crippen LogP contribution in [0, 0.1) is 0 Å². The van der Waals surface area contributed by atoms with Crippen molar-refractivity contribution in [3.8, 4) is 0 Å². The van der Waals surface area contributed by atoms with Gasteiger partial charge in [-0.15, -0.1) is 0 Å². The number of hydrogen-bond donors (Lipinski definition) is 1. The van der Waals surface area contributed by atoms with Gasteiger partial charge < -0.3 is 5.32 Å². The molecule has 1 aliphatic rings. The van der Waals surface area contributed by atoms with Gasteiger partial charge in [0.15, 0.2) is 0 Å². The third-order valence-electron chi connectivity index (χ3n) is 4.06. The fourth-order valence-electron chi connectivity index (χ4n) is 2.92. The molecule has 2 atom stereocenters. The Kier molecular flexibility index (Phi) is 4.73. The molecule has 3 heterocycles. The maximum atomic E-state index is 13.0. The highest BCUT2D eigenvalue weighted by molar-refractivity contribution is 7.89. The lowest BCUT2D eigenvalue weighted by molar-refractivity contribution is 0.371. The summed E-state index contributed by atoms with van der Waals surface area (Å²) in [6, 6.07) is 0. The van der Waals surface area contributed by atoms with Crippen molar-refractivity contribution in [2.75, 3.05) is 27.2 Å². The van der Waals surface area contributed by atoms with Gasteiger partial charge in [0.05, 0.1) is 17.1 Å². The molecule has 3 rings (SSSR count). The predicted molar refractivity (Wildman–Crippen MR) is 84.4 cm³/mol. The first kappa shape index (κ1) is 16.7. The molecule has 0 saturated carbocycles. The van der Waals surface area contributed by atoms with Crippen molar-refractivity contribution < 1.29 is 8.42 Å². The second-order valence-electron chi connectivity index (χ2n) is 5.66. The second-order valence-corrected chi connectivity index (χ2v) is 7.96. The van der Waals surface area contributed by atoms with E-state index in [2.05, 4.69) is 35.2 Å². The molecule has 0 radical (unpaired) electrons. The van der Waals surface area contributed by atoms with Gasteiger partial charge in [-0.1, -0.05) is 0 Å². The van der Waals surface area contributed by atoms with Crippen LogP contribution in [-0.2, 0) is 10.0 Å². The van der Waals surface area contributed by atoms with E-state index in [0.717, 1.165) is 0 Å². The fourth-order valence-corrected chi connectivity index (χ4v) is 4.67. The van der Waals surface area contributed by atoms with E-state index in [4.69, 9.17) is 0 Å². The Morgan fingerprint density at radius 2 is 1.33 bits per heavy atom. The number of nitrogens with one attached hydrogen (secondary N) is 1. The van der Waals surface area contributed by atoms with Crippen LogP contribution in [0.3, 0.4) is 0 Å². The Balaban J connectivity index is 2.09. The van der Waals surface area contributed by atoms with E-state index in [9.17, 15) is 8.42 Å². The van der Waals surface area contributed by atoms with Crippen molar-refractivity contribution in [1.82, 2.24) is 39.5 Å². The van der Waals surface area contributed by atoms with Crippen LogP contribution >= 0.6 is 0 Å². The summed E-state index contributed by atoms with van der Waals surface area (Å²) in [5.74, 6) is 0.00481. The highest BCUT2D eigenvalue weighted by atomic mass is 32.2. The molecule has 10 nitrogen and oxygen atoms in total. The van der Waals surface area contributed by atoms with Gasteiger partial charge in [-0.2, -0.15) is 0 Å². The average Bonchev–Trinajstić information content (AvgIpc) is 2.62. The highest BCUT2D eigenvalue weighted by Crippen LogP contribution is 2.35. The van der Waals surface area contributed by atoms with Crippen LogP contribution in [0.2, 0.25) is 0 Å². The second kappa shape index (κ2) is 6.79. The van der Waals surface area contributed by atoms with Gasteiger partial charge in [0.1, 0.15) is 37.0 Å². The standard InChI is InChI=1S/C13H18N8O2S/c1-21(2)24(22,23)11-9(12-17-5-15-6-18-12)3-14-4-10(11)13-19-7-16-8-20-13/h5-11,14H,3-4H2,1-2H3. The number of rotatable bonds is 4. The normalized spacial score (nSPS) is 24.9. The van der Waals surface area contributed by atoms with Crippen molar-refractivity contribution in [3.05, 3.63) is 37.0 Å². The van der Waals surface area contributed by atoms with E-state index in [1.165, 1.54) is 43.7 Å². The zero-order valence-corrected chi connectivity index (χ0v) is 14.1. The maximum Gasteiger partial charge on any atom is 0.218 e. The predicted octanol–water partition coefficient (Wildman–Crippen LogP) is -1.21. The van der Waals surface area contributed by atoms with E-state index >= 15 is 0 Å². The average molecular weight is 350 g/mol. The summed E-state index contributed by atoms with van der Waals surface area (Å²) in [5.41, 5.74) is 0. The van der Waals surface area contributed by atoms with Crippen LogP contribution in [0.4, 0.5) is 0 Å². The summed E-state index contributed by atoms with van der Waals surface area (Å²) in [6.45, 7) is 0.896. The number of aromatic nitrogens is 6. The Morgan fingerprint density at radius 1 is 0.917 bits per heavy atom. The number of sulfonamides is 1. The third-order valence-corrected chi connectivity index (χ3v) is 6.43. The molecular weight excluding hydrogens is 332 g/mol. The van der Waals surface area contributed by atoms with Crippen molar-refractivity contribution in [2.45, 2.75) is 17.1 Å². The van der Waals surface area contributed by atoms with Crippen molar-refractivity contribution in [1.29, 1.82) is 0 Å². The molecule has 0 bridgehead atoms. The molecule has 2 aromatic heterocycles. The van der Waals surface area contributed by atoms with Crippen LogP contribution in [0.1, 0.15) is 23.5 Å². The van der Waals surface area contributed by atoms with Crippen molar-refractivity contribution >= 4 is 10.0 Å². The molecular formula is C13H18N8O2S. The molecule has 128 valence electrons. The van der Waals surface area contributed by atoms with Gasteiger partial charge in [-0.25, -0.2) is 42.6 Å². The van der Waals surface area contributed by atoms with E-state index in [-0.39, 0.29) is 0 Å². The van der Waals surface area contributed by atoms with Gasteiger partial charge in [-0.3, -0.25) is 0 Å². The van der Waals surface area contributed by atoms with Crippen LogP contribution in [-0.4, -0.2) is 75.1 Å². The SMILES string of the molecule is CN(C)S(=O)(=O)C1C(c2ncncn2)CNCC1c1ncncn1. The monoisotopic (exact) mass is 350 g/mol. The molecule has 24 heavy (non-hydrogen) atoms. The summed E-state index contributed by atoms with van der Waals surface area (Å²) in [4.78, 5) is 24.2. The molecule has 1 fully saturated rings. The Morgan fingerprint density at radius 3 is 1.71 bits per heavy atom. The van der Waals surface area contributed by atoms with Crippen molar-refractivity contribution in [3.63, 3.8) is 0 Å². The van der Waals surface area contributed by atoms with Crippen LogP contribution in [0.15, 0.2) is 25.3 Å². The molecule has 1 N–H and O–H groups in total. The molecule has 0 amide bonds. The van der Waals surface area contributed by atoms with Gasteiger partial charge in [0, 0.05) is 27.2 Å². The molecule has 2 unspecified atom stereocenters. The van der Waals surface area contributed by atoms with Gasteiger partial charge in [0.2, 0.25) is 10.0 Å². The molecule has 0 aromatic carbocycles. The smallest absolute Gasteiger partial charge is 0.218 e. The first-order valence-corrected chi connectivity index (χ1v) is 8.88. The van der Waals surface area contributed by atoms with E-state index in [1.54, 1.807) is 0 Å². The summed E-state index contributed by atoms with van der Waals surface area (Å²) in [6.07, 6.45) is 5.48. The largest absolute Gasteiger partial charge is 0.315 e. The van der Waals surface area contributed by atoms with E-state index in [0.29, 0.717) is 24.7 Å². The first-order valence-electron chi connectivity index (χ1n) is 7.37. The summed E-state index contributed by atoms with van der Waals surface area (Å²) in [7, 11) is -0.562. The molecule has 11 heteroatoms. The van der Waals surface area contributed by atoms with Gasteiger partial charge >= 0.3 is 0 Å². The minimum Gasteiger partial charge on any atom is -0.315 e. The number of hydrogen-bond acceptors (Lipinski definition) is 9. The Labute approximate surface area is 139 Å². The third kappa shape index (κ3) is 3.09. The van der Waals surface area contributed by atoms with Gasteiger partial charge in [0.25, 0.3) is 0 Å². The van der Waals surface area contributed by atoms with Crippen LogP contribution in [0.5, 0.6) is 0 Å². The zero-order chi connectivity index (χ0) is 17.2. The number of nitrogens with zero attached hydrogens (tertiary/aromatic N) is 7. The maximum absolute atomic E-state index is 13.0. The fraction of sp³-hybridized carbons (Fsp3) is 0.538. The Hall–Kier alpha value is -2.11. The molecule has 2 aromatic rings. The molecule has 1 saturated heterocycles. The lowest BCUT2D eigenvalue weighted by Gasteiger charge is -2.37. The molecule has 1 aliphatic heterocycles. The number of piperidine rings is 1. The summed E-state index contributed by atoms with van der Waals surface area (Å²) in [5, 5.41) is 2.46. The zero-order valence-electron chi connectivity index (χ0n) is 13.3.